The highest BCUT2D eigenvalue weighted by Gasteiger charge is 2.50. The number of thiazole rings is 1. The Labute approximate surface area is 185 Å². The van der Waals surface area contributed by atoms with Gasteiger partial charge >= 0.3 is 0 Å². The Morgan fingerprint density at radius 2 is 1.77 bits per heavy atom. The minimum Gasteiger partial charge on any atom is -0.371 e. The minimum absolute atomic E-state index is 0.169. The van der Waals surface area contributed by atoms with Gasteiger partial charge in [-0.3, -0.25) is 9.52 Å². The molecular formula is C22H22N4O3S2. The van der Waals surface area contributed by atoms with Crippen molar-refractivity contribution in [2.75, 3.05) is 34.7 Å². The van der Waals surface area contributed by atoms with Gasteiger partial charge in [-0.15, -0.1) is 11.3 Å². The fourth-order valence-corrected chi connectivity index (χ4v) is 6.42. The van der Waals surface area contributed by atoms with Crippen molar-refractivity contribution in [1.29, 1.82) is 0 Å². The fourth-order valence-electron chi connectivity index (χ4n) is 4.63. The summed E-state index contributed by atoms with van der Waals surface area (Å²) >= 11 is 1.23. The van der Waals surface area contributed by atoms with E-state index < -0.39 is 15.4 Å². The third-order valence-corrected chi connectivity index (χ3v) is 8.45. The number of carbonyl (C=O) groups excluding carboxylic acids is 1. The smallest absolute Gasteiger partial charge is 0.263 e. The van der Waals surface area contributed by atoms with Crippen LogP contribution in [0.4, 0.5) is 16.5 Å². The van der Waals surface area contributed by atoms with Gasteiger partial charge in [0.25, 0.3) is 10.0 Å². The van der Waals surface area contributed by atoms with Crippen LogP contribution in [-0.4, -0.2) is 39.4 Å². The van der Waals surface area contributed by atoms with Crippen LogP contribution in [0.2, 0.25) is 0 Å². The summed E-state index contributed by atoms with van der Waals surface area (Å²) in [6.07, 6.45) is 3.03. The third-order valence-electron chi connectivity index (χ3n) is 6.28. The van der Waals surface area contributed by atoms with Gasteiger partial charge in [-0.05, 0) is 48.7 Å². The fraction of sp³-hybridized carbons (Fsp3) is 0.273. The summed E-state index contributed by atoms with van der Waals surface area (Å²) in [6, 6.07) is 14.9. The van der Waals surface area contributed by atoms with Gasteiger partial charge in [0.05, 0.1) is 10.3 Å². The summed E-state index contributed by atoms with van der Waals surface area (Å²) in [6.45, 7) is 1.47. The number of fused-ring (bicyclic) bond motifs is 2. The zero-order chi connectivity index (χ0) is 21.6. The van der Waals surface area contributed by atoms with E-state index in [1.165, 1.54) is 11.3 Å². The molecule has 1 amide bonds. The van der Waals surface area contributed by atoms with E-state index >= 15 is 0 Å². The SMILES string of the molecule is CN1C(=O)C2(CCN(c3ccc(S(=O)(=O)Nc4nccs4)cc3)CC2)c2ccccc21. The Hall–Kier alpha value is -2.91. The van der Waals surface area contributed by atoms with E-state index in [-0.39, 0.29) is 10.8 Å². The second kappa shape index (κ2) is 7.35. The molecule has 31 heavy (non-hydrogen) atoms. The van der Waals surface area contributed by atoms with E-state index in [9.17, 15) is 13.2 Å². The van der Waals surface area contributed by atoms with Crippen molar-refractivity contribution in [2.45, 2.75) is 23.2 Å². The second-order valence-electron chi connectivity index (χ2n) is 7.89. The molecule has 3 heterocycles. The Kier molecular flexibility index (Phi) is 4.75. The molecule has 5 rings (SSSR count). The van der Waals surface area contributed by atoms with Gasteiger partial charge in [0, 0.05) is 43.1 Å². The number of rotatable bonds is 4. The summed E-state index contributed by atoms with van der Waals surface area (Å²) in [4.78, 5) is 21.3. The van der Waals surface area contributed by atoms with Crippen LogP contribution in [0.1, 0.15) is 18.4 Å². The molecule has 1 saturated heterocycles. The number of para-hydroxylation sites is 1. The summed E-state index contributed by atoms with van der Waals surface area (Å²) in [5.74, 6) is 0.169. The molecule has 0 saturated carbocycles. The number of sulfonamides is 1. The second-order valence-corrected chi connectivity index (χ2v) is 10.5. The molecule has 160 valence electrons. The molecule has 1 aromatic heterocycles. The molecule has 7 nitrogen and oxygen atoms in total. The first-order chi connectivity index (χ1) is 14.9. The van der Waals surface area contributed by atoms with Gasteiger partial charge in [0.1, 0.15) is 0 Å². The van der Waals surface area contributed by atoms with E-state index in [0.717, 1.165) is 42.9 Å². The van der Waals surface area contributed by atoms with Crippen molar-refractivity contribution in [1.82, 2.24) is 4.98 Å². The molecular weight excluding hydrogens is 432 g/mol. The maximum atomic E-state index is 13.1. The molecule has 2 aliphatic heterocycles. The highest BCUT2D eigenvalue weighted by atomic mass is 32.2. The summed E-state index contributed by atoms with van der Waals surface area (Å²) in [7, 11) is -1.82. The van der Waals surface area contributed by atoms with E-state index in [0.29, 0.717) is 5.13 Å². The first-order valence-electron chi connectivity index (χ1n) is 10.1. The summed E-state index contributed by atoms with van der Waals surface area (Å²) in [5.41, 5.74) is 2.62. The molecule has 0 unspecified atom stereocenters. The van der Waals surface area contributed by atoms with Gasteiger partial charge in [0.2, 0.25) is 5.91 Å². The number of aromatic nitrogens is 1. The maximum absolute atomic E-state index is 13.1. The quantitative estimate of drug-likeness (QED) is 0.653. The van der Waals surface area contributed by atoms with Gasteiger partial charge in [-0.2, -0.15) is 0 Å². The van der Waals surface area contributed by atoms with Gasteiger partial charge in [-0.1, -0.05) is 18.2 Å². The van der Waals surface area contributed by atoms with Gasteiger partial charge in [0.15, 0.2) is 5.13 Å². The molecule has 1 N–H and O–H groups in total. The Balaban J connectivity index is 1.32. The molecule has 0 atom stereocenters. The molecule has 3 aromatic rings. The summed E-state index contributed by atoms with van der Waals surface area (Å²) in [5, 5.41) is 2.06. The van der Waals surface area contributed by atoms with E-state index in [1.54, 1.807) is 28.6 Å². The predicted octanol–water partition coefficient (Wildman–Crippen LogP) is 3.46. The van der Waals surface area contributed by atoms with Crippen molar-refractivity contribution in [3.05, 3.63) is 65.7 Å². The zero-order valence-corrected chi connectivity index (χ0v) is 18.6. The highest BCUT2D eigenvalue weighted by Crippen LogP contribution is 2.47. The Morgan fingerprint density at radius 1 is 1.06 bits per heavy atom. The number of benzene rings is 2. The van der Waals surface area contributed by atoms with Gasteiger partial charge < -0.3 is 9.80 Å². The summed E-state index contributed by atoms with van der Waals surface area (Å²) < 4.78 is 27.6. The van der Waals surface area contributed by atoms with Crippen molar-refractivity contribution in [3.63, 3.8) is 0 Å². The van der Waals surface area contributed by atoms with E-state index in [4.69, 9.17) is 0 Å². The molecule has 1 spiro atoms. The van der Waals surface area contributed by atoms with Crippen LogP contribution in [-0.2, 0) is 20.2 Å². The predicted molar refractivity (Wildman–Crippen MR) is 122 cm³/mol. The van der Waals surface area contributed by atoms with Crippen molar-refractivity contribution >= 4 is 43.8 Å². The van der Waals surface area contributed by atoms with Crippen LogP contribution in [0.5, 0.6) is 0 Å². The van der Waals surface area contributed by atoms with Crippen LogP contribution in [0, 0.1) is 0 Å². The molecule has 2 aliphatic rings. The average molecular weight is 455 g/mol. The van der Waals surface area contributed by atoms with Crippen LogP contribution < -0.4 is 14.5 Å². The Bertz CT molecular complexity index is 1220. The molecule has 0 bridgehead atoms. The molecule has 2 aromatic carbocycles. The number of anilines is 3. The van der Waals surface area contributed by atoms with Crippen LogP contribution >= 0.6 is 11.3 Å². The Morgan fingerprint density at radius 3 is 2.45 bits per heavy atom. The number of hydrogen-bond donors (Lipinski definition) is 1. The first-order valence-corrected chi connectivity index (χ1v) is 12.4. The minimum atomic E-state index is -3.67. The van der Waals surface area contributed by atoms with Crippen LogP contribution in [0.3, 0.4) is 0 Å². The molecule has 0 radical (unpaired) electrons. The van der Waals surface area contributed by atoms with E-state index in [1.807, 2.05) is 37.4 Å². The van der Waals surface area contributed by atoms with Crippen molar-refractivity contribution in [3.8, 4) is 0 Å². The topological polar surface area (TPSA) is 82.6 Å². The van der Waals surface area contributed by atoms with Crippen LogP contribution in [0.15, 0.2) is 65.0 Å². The lowest BCUT2D eigenvalue weighted by Gasteiger charge is -2.39. The van der Waals surface area contributed by atoms with Crippen molar-refractivity contribution < 1.29 is 13.2 Å². The first kappa shape index (κ1) is 20.0. The van der Waals surface area contributed by atoms with E-state index in [2.05, 4.69) is 20.7 Å². The largest absolute Gasteiger partial charge is 0.371 e. The monoisotopic (exact) mass is 454 g/mol. The van der Waals surface area contributed by atoms with Crippen molar-refractivity contribution in [2.24, 2.45) is 0 Å². The highest BCUT2D eigenvalue weighted by molar-refractivity contribution is 7.93. The number of carbonyl (C=O) groups is 1. The standard InChI is InChI=1S/C22H22N4O3S2/c1-25-19-5-3-2-4-18(19)22(20(25)27)10-13-26(14-11-22)16-6-8-17(9-7-16)31(28,29)24-21-23-12-15-30-21/h2-9,12,15H,10-11,13-14H2,1H3,(H,23,24). The number of nitrogens with one attached hydrogen (secondary N) is 1. The lowest BCUT2D eigenvalue weighted by atomic mass is 9.73. The number of likely N-dealkylation sites (N-methyl/N-ethyl adjacent to an activating group) is 1. The molecule has 0 aliphatic carbocycles. The number of piperidine rings is 1. The number of nitrogens with zero attached hydrogens (tertiary/aromatic N) is 3. The van der Waals surface area contributed by atoms with Crippen LogP contribution in [0.25, 0.3) is 0 Å². The average Bonchev–Trinajstić information content (AvgIpc) is 3.36. The lowest BCUT2D eigenvalue weighted by molar-refractivity contribution is -0.123. The van der Waals surface area contributed by atoms with Gasteiger partial charge in [-0.25, -0.2) is 13.4 Å². The number of amides is 1. The zero-order valence-electron chi connectivity index (χ0n) is 17.0. The lowest BCUT2D eigenvalue weighted by Crippen LogP contribution is -2.48. The maximum Gasteiger partial charge on any atom is 0.263 e. The molecule has 9 heteroatoms. The third kappa shape index (κ3) is 3.28. The normalized spacial score (nSPS) is 17.8. The number of hydrogen-bond acceptors (Lipinski definition) is 6. The molecule has 1 fully saturated rings.